The van der Waals surface area contributed by atoms with E-state index in [0.29, 0.717) is 6.04 Å². The van der Waals surface area contributed by atoms with Crippen LogP contribution >= 0.6 is 0 Å². The van der Waals surface area contributed by atoms with Crippen LogP contribution in [0.3, 0.4) is 0 Å². The van der Waals surface area contributed by atoms with Gasteiger partial charge in [-0.2, -0.15) is 0 Å². The molecule has 0 unspecified atom stereocenters. The van der Waals surface area contributed by atoms with E-state index in [4.69, 9.17) is 4.74 Å². The van der Waals surface area contributed by atoms with Crippen LogP contribution in [0.5, 0.6) is 5.75 Å². The van der Waals surface area contributed by atoms with Gasteiger partial charge in [-0.05, 0) is 39.8 Å². The Morgan fingerprint density at radius 1 is 1.29 bits per heavy atom. The predicted octanol–water partition coefficient (Wildman–Crippen LogP) is 2.98. The van der Waals surface area contributed by atoms with E-state index in [2.05, 4.69) is 25.7 Å². The lowest BCUT2D eigenvalue weighted by molar-refractivity contribution is 0.194. The molecule has 0 amide bonds. The molecule has 0 spiro atoms. The summed E-state index contributed by atoms with van der Waals surface area (Å²) < 4.78 is 5.34. The Balaban J connectivity index is 3.31. The van der Waals surface area contributed by atoms with Crippen molar-refractivity contribution < 1.29 is 9.84 Å². The topological polar surface area (TPSA) is 32.7 Å². The number of benzene rings is 1. The molecule has 0 bridgehead atoms. The molecule has 0 saturated heterocycles. The average Bonchev–Trinajstić information content (AvgIpc) is 2.28. The molecule has 3 nitrogen and oxygen atoms in total. The van der Waals surface area contributed by atoms with Crippen molar-refractivity contribution in [1.82, 2.24) is 0 Å². The van der Waals surface area contributed by atoms with Gasteiger partial charge in [0.1, 0.15) is 5.75 Å². The molecule has 1 aromatic carbocycles. The van der Waals surface area contributed by atoms with Crippen molar-refractivity contribution in [3.8, 4) is 5.75 Å². The van der Waals surface area contributed by atoms with Gasteiger partial charge in [-0.15, -0.1) is 0 Å². The SMILES string of the molecule is CCN(c1cccc(OC)c1[C@@H](C)O)C(C)C. The Morgan fingerprint density at radius 3 is 2.35 bits per heavy atom. The molecular formula is C14H23NO2. The zero-order chi connectivity index (χ0) is 13.0. The van der Waals surface area contributed by atoms with E-state index in [-0.39, 0.29) is 0 Å². The van der Waals surface area contributed by atoms with E-state index in [9.17, 15) is 5.11 Å². The zero-order valence-electron chi connectivity index (χ0n) is 11.4. The lowest BCUT2D eigenvalue weighted by Gasteiger charge is -2.31. The molecule has 0 radical (unpaired) electrons. The maximum Gasteiger partial charge on any atom is 0.126 e. The van der Waals surface area contributed by atoms with E-state index in [1.54, 1.807) is 14.0 Å². The predicted molar refractivity (Wildman–Crippen MR) is 71.8 cm³/mol. The molecule has 96 valence electrons. The van der Waals surface area contributed by atoms with Gasteiger partial charge in [-0.25, -0.2) is 0 Å². The van der Waals surface area contributed by atoms with Crippen LogP contribution in [0.25, 0.3) is 0 Å². The van der Waals surface area contributed by atoms with Gasteiger partial charge in [0, 0.05) is 23.8 Å². The molecule has 0 aliphatic carbocycles. The number of hydrogen-bond acceptors (Lipinski definition) is 3. The number of methoxy groups -OCH3 is 1. The molecule has 1 atom stereocenters. The van der Waals surface area contributed by atoms with Crippen LogP contribution in [0.2, 0.25) is 0 Å². The van der Waals surface area contributed by atoms with Gasteiger partial charge < -0.3 is 14.7 Å². The highest BCUT2D eigenvalue weighted by Gasteiger charge is 2.19. The highest BCUT2D eigenvalue weighted by molar-refractivity contribution is 5.60. The van der Waals surface area contributed by atoms with Gasteiger partial charge >= 0.3 is 0 Å². The quantitative estimate of drug-likeness (QED) is 0.854. The fourth-order valence-corrected chi connectivity index (χ4v) is 2.19. The van der Waals surface area contributed by atoms with Crippen molar-refractivity contribution in [2.45, 2.75) is 39.8 Å². The Kier molecular flexibility index (Phi) is 4.82. The molecule has 0 saturated carbocycles. The number of aliphatic hydroxyl groups excluding tert-OH is 1. The normalized spacial score (nSPS) is 12.6. The van der Waals surface area contributed by atoms with Crippen molar-refractivity contribution in [2.75, 3.05) is 18.6 Å². The Labute approximate surface area is 104 Å². The maximum atomic E-state index is 9.94. The first-order chi connectivity index (χ1) is 8.02. The molecule has 17 heavy (non-hydrogen) atoms. The summed E-state index contributed by atoms with van der Waals surface area (Å²) in [6.45, 7) is 9.09. The summed E-state index contributed by atoms with van der Waals surface area (Å²) in [6, 6.07) is 6.28. The van der Waals surface area contributed by atoms with Crippen molar-refractivity contribution in [3.63, 3.8) is 0 Å². The molecule has 1 N–H and O–H groups in total. The molecule has 0 fully saturated rings. The third kappa shape index (κ3) is 2.91. The molecule has 0 aromatic heterocycles. The van der Waals surface area contributed by atoms with Crippen LogP contribution in [-0.4, -0.2) is 24.8 Å². The molecule has 1 aromatic rings. The minimum Gasteiger partial charge on any atom is -0.496 e. The van der Waals surface area contributed by atoms with Gasteiger partial charge in [0.05, 0.1) is 13.2 Å². The van der Waals surface area contributed by atoms with Crippen molar-refractivity contribution in [2.24, 2.45) is 0 Å². The Bertz CT molecular complexity index is 361. The van der Waals surface area contributed by atoms with Crippen LogP contribution in [0.15, 0.2) is 18.2 Å². The molecule has 3 heteroatoms. The summed E-state index contributed by atoms with van der Waals surface area (Å²) in [5, 5.41) is 9.94. The summed E-state index contributed by atoms with van der Waals surface area (Å²) in [7, 11) is 1.64. The highest BCUT2D eigenvalue weighted by Crippen LogP contribution is 2.35. The number of rotatable bonds is 5. The molecule has 0 heterocycles. The van der Waals surface area contributed by atoms with Gasteiger partial charge in [-0.3, -0.25) is 0 Å². The largest absolute Gasteiger partial charge is 0.496 e. The van der Waals surface area contributed by atoms with Gasteiger partial charge in [0.15, 0.2) is 0 Å². The number of anilines is 1. The lowest BCUT2D eigenvalue weighted by atomic mass is 10.0. The molecule has 0 aliphatic rings. The fraction of sp³-hybridized carbons (Fsp3) is 0.571. The van der Waals surface area contributed by atoms with E-state index >= 15 is 0 Å². The molecular weight excluding hydrogens is 214 g/mol. The second-order valence-electron chi connectivity index (χ2n) is 4.45. The van der Waals surface area contributed by atoms with Crippen LogP contribution in [0.1, 0.15) is 39.4 Å². The van der Waals surface area contributed by atoms with Gasteiger partial charge in [-0.1, -0.05) is 6.07 Å². The van der Waals surface area contributed by atoms with E-state index in [1.165, 1.54) is 0 Å². The number of hydrogen-bond donors (Lipinski definition) is 1. The number of aliphatic hydroxyl groups is 1. The standard InChI is InChI=1S/C14H23NO2/c1-6-15(10(2)3)12-8-7-9-13(17-5)14(12)11(4)16/h7-11,16H,6H2,1-5H3/t11-/m1/s1. The first-order valence-electron chi connectivity index (χ1n) is 6.14. The molecule has 0 aliphatic heterocycles. The lowest BCUT2D eigenvalue weighted by Crippen LogP contribution is -2.31. The van der Waals surface area contributed by atoms with Crippen LogP contribution in [0.4, 0.5) is 5.69 Å². The highest BCUT2D eigenvalue weighted by atomic mass is 16.5. The summed E-state index contributed by atoms with van der Waals surface area (Å²) in [6.07, 6.45) is -0.533. The van der Waals surface area contributed by atoms with Crippen molar-refractivity contribution >= 4 is 5.69 Å². The smallest absolute Gasteiger partial charge is 0.126 e. The van der Waals surface area contributed by atoms with Crippen LogP contribution in [-0.2, 0) is 0 Å². The maximum absolute atomic E-state index is 9.94. The van der Waals surface area contributed by atoms with E-state index < -0.39 is 6.10 Å². The minimum atomic E-state index is -0.533. The zero-order valence-corrected chi connectivity index (χ0v) is 11.4. The third-order valence-corrected chi connectivity index (χ3v) is 2.95. The number of ether oxygens (including phenoxy) is 1. The molecule has 1 rings (SSSR count). The summed E-state index contributed by atoms with van der Waals surface area (Å²) >= 11 is 0. The summed E-state index contributed by atoms with van der Waals surface area (Å²) in [4.78, 5) is 2.25. The second kappa shape index (κ2) is 5.92. The van der Waals surface area contributed by atoms with Gasteiger partial charge in [0.25, 0.3) is 0 Å². The van der Waals surface area contributed by atoms with Crippen LogP contribution < -0.4 is 9.64 Å². The van der Waals surface area contributed by atoms with Crippen molar-refractivity contribution in [3.05, 3.63) is 23.8 Å². The third-order valence-electron chi connectivity index (χ3n) is 2.95. The summed E-state index contributed by atoms with van der Waals surface area (Å²) in [5.74, 6) is 0.747. The fourth-order valence-electron chi connectivity index (χ4n) is 2.19. The Hall–Kier alpha value is -1.22. The van der Waals surface area contributed by atoms with Crippen LogP contribution in [0, 0.1) is 0 Å². The van der Waals surface area contributed by atoms with E-state index in [1.807, 2.05) is 18.2 Å². The average molecular weight is 237 g/mol. The first kappa shape index (κ1) is 13.8. The van der Waals surface area contributed by atoms with Gasteiger partial charge in [0.2, 0.25) is 0 Å². The summed E-state index contributed by atoms with van der Waals surface area (Å²) in [5.41, 5.74) is 1.92. The monoisotopic (exact) mass is 237 g/mol. The second-order valence-corrected chi connectivity index (χ2v) is 4.45. The number of nitrogens with zero attached hydrogens (tertiary/aromatic N) is 1. The van der Waals surface area contributed by atoms with E-state index in [0.717, 1.165) is 23.5 Å². The first-order valence-corrected chi connectivity index (χ1v) is 6.14. The Morgan fingerprint density at radius 2 is 1.94 bits per heavy atom. The van der Waals surface area contributed by atoms with Crippen molar-refractivity contribution in [1.29, 1.82) is 0 Å². The minimum absolute atomic E-state index is 0.393.